The van der Waals surface area contributed by atoms with E-state index in [1.54, 1.807) is 31.2 Å². The quantitative estimate of drug-likeness (QED) is 0.187. The summed E-state index contributed by atoms with van der Waals surface area (Å²) in [5, 5.41) is 14.8. The lowest BCUT2D eigenvalue weighted by atomic mass is 10.0. The number of carbonyl (C=O) groups is 4. The number of likely N-dealkylation sites (N-methyl/N-ethyl adjacent to an activating group) is 1. The number of benzene rings is 3. The molecule has 5 N–H and O–H groups in total. The smallest absolute Gasteiger partial charge is 0.251 e. The first-order valence-electron chi connectivity index (χ1n) is 14.8. The Hall–Kier alpha value is -4.50. The van der Waals surface area contributed by atoms with Gasteiger partial charge >= 0.3 is 0 Å². The molecule has 0 aliphatic heterocycles. The molecule has 0 radical (unpaired) electrons. The predicted molar refractivity (Wildman–Crippen MR) is 168 cm³/mol. The Bertz CT molecular complexity index is 1350. The fraction of sp³-hybridized carbons (Fsp3) is 0.353. The summed E-state index contributed by atoms with van der Waals surface area (Å²) in [6.07, 6.45) is 0.526. The minimum absolute atomic E-state index is 0.0796. The van der Waals surface area contributed by atoms with Crippen LogP contribution in [0.3, 0.4) is 0 Å². The minimum atomic E-state index is -0.645. The van der Waals surface area contributed by atoms with Gasteiger partial charge in [-0.05, 0) is 55.5 Å². The first kappa shape index (κ1) is 33.0. The molecule has 3 rings (SSSR count). The van der Waals surface area contributed by atoms with Crippen molar-refractivity contribution in [3.05, 3.63) is 107 Å². The van der Waals surface area contributed by atoms with Crippen LogP contribution in [-0.2, 0) is 22.6 Å². The second kappa shape index (κ2) is 16.8. The van der Waals surface area contributed by atoms with Crippen LogP contribution in [-0.4, -0.2) is 54.8 Å². The van der Waals surface area contributed by atoms with E-state index in [0.29, 0.717) is 37.2 Å². The molecule has 0 unspecified atom stereocenters. The molecule has 0 aliphatic carbocycles. The Morgan fingerprint density at radius 2 is 1.28 bits per heavy atom. The first-order chi connectivity index (χ1) is 20.7. The molecule has 43 heavy (non-hydrogen) atoms. The van der Waals surface area contributed by atoms with Crippen molar-refractivity contribution in [2.24, 2.45) is 5.92 Å². The van der Waals surface area contributed by atoms with Gasteiger partial charge in [-0.3, -0.25) is 19.2 Å². The largest absolute Gasteiger partial charge is 0.355 e. The van der Waals surface area contributed by atoms with E-state index >= 15 is 0 Å². The molecule has 0 heterocycles. The Morgan fingerprint density at radius 1 is 0.674 bits per heavy atom. The molecule has 0 saturated carbocycles. The number of hydrogen-bond donors (Lipinski definition) is 5. The van der Waals surface area contributed by atoms with Gasteiger partial charge in [0, 0.05) is 36.8 Å². The summed E-state index contributed by atoms with van der Waals surface area (Å²) in [6, 6.07) is 24.3. The highest BCUT2D eigenvalue weighted by atomic mass is 16.2. The van der Waals surface area contributed by atoms with Gasteiger partial charge < -0.3 is 26.6 Å². The second-order valence-corrected chi connectivity index (χ2v) is 10.9. The molecule has 9 heteroatoms. The standard InChI is InChI=1S/C34H43N5O4/c1-5-35-34(43)30(23(2)3)39-31(40)24(4)36-22-29(19-25-13-8-6-9-14-25)38-33(42)28-18-12-17-27(20-28)32(41)37-21-26-15-10-7-11-16-26/h6-18,20,23-24,29-30,36H,5,19,21-22H2,1-4H3,(H,35,43)(H,37,41)(H,38,42)(H,39,40)/t24-,29-,30-/m0/s1. The average molecular weight is 586 g/mol. The fourth-order valence-electron chi connectivity index (χ4n) is 4.53. The maximum Gasteiger partial charge on any atom is 0.251 e. The maximum atomic E-state index is 13.3. The molecule has 0 saturated heterocycles. The van der Waals surface area contributed by atoms with Crippen LogP contribution in [0.5, 0.6) is 0 Å². The molecular weight excluding hydrogens is 542 g/mol. The lowest BCUT2D eigenvalue weighted by Crippen LogP contribution is -2.55. The summed E-state index contributed by atoms with van der Waals surface area (Å²) in [7, 11) is 0. The third-order valence-corrected chi connectivity index (χ3v) is 7.00. The summed E-state index contributed by atoms with van der Waals surface area (Å²) >= 11 is 0. The first-order valence-corrected chi connectivity index (χ1v) is 14.8. The van der Waals surface area contributed by atoms with Gasteiger partial charge in [-0.1, -0.05) is 80.6 Å². The zero-order valence-electron chi connectivity index (χ0n) is 25.4. The zero-order chi connectivity index (χ0) is 31.2. The zero-order valence-corrected chi connectivity index (χ0v) is 25.4. The van der Waals surface area contributed by atoms with E-state index < -0.39 is 12.1 Å². The van der Waals surface area contributed by atoms with Gasteiger partial charge in [0.25, 0.3) is 11.8 Å². The van der Waals surface area contributed by atoms with Gasteiger partial charge in [-0.25, -0.2) is 0 Å². The normalized spacial score (nSPS) is 13.0. The summed E-state index contributed by atoms with van der Waals surface area (Å²) < 4.78 is 0. The Labute approximate surface area is 254 Å². The molecule has 0 fully saturated rings. The predicted octanol–water partition coefficient (Wildman–Crippen LogP) is 3.21. The minimum Gasteiger partial charge on any atom is -0.355 e. The molecule has 3 aromatic carbocycles. The number of carbonyl (C=O) groups excluding carboxylic acids is 4. The van der Waals surface area contributed by atoms with Gasteiger partial charge in [0.1, 0.15) is 6.04 Å². The molecular formula is C34H43N5O4. The van der Waals surface area contributed by atoms with E-state index in [4.69, 9.17) is 0 Å². The van der Waals surface area contributed by atoms with Crippen LogP contribution >= 0.6 is 0 Å². The van der Waals surface area contributed by atoms with Crippen LogP contribution in [0.15, 0.2) is 84.9 Å². The van der Waals surface area contributed by atoms with Gasteiger partial charge in [0.05, 0.1) is 6.04 Å². The van der Waals surface area contributed by atoms with E-state index in [-0.39, 0.29) is 35.6 Å². The Morgan fingerprint density at radius 3 is 1.88 bits per heavy atom. The van der Waals surface area contributed by atoms with Gasteiger partial charge in [0.15, 0.2) is 0 Å². The number of rotatable bonds is 15. The van der Waals surface area contributed by atoms with Crippen LogP contribution in [0.25, 0.3) is 0 Å². The average Bonchev–Trinajstić information content (AvgIpc) is 3.01. The van der Waals surface area contributed by atoms with E-state index in [0.717, 1.165) is 11.1 Å². The molecule has 0 spiro atoms. The van der Waals surface area contributed by atoms with Crippen molar-refractivity contribution in [2.45, 2.75) is 58.8 Å². The topological polar surface area (TPSA) is 128 Å². The van der Waals surface area contributed by atoms with Gasteiger partial charge in [-0.15, -0.1) is 0 Å². The summed E-state index contributed by atoms with van der Waals surface area (Å²) in [6.45, 7) is 8.49. The lowest BCUT2D eigenvalue weighted by Gasteiger charge is -2.25. The van der Waals surface area contributed by atoms with Crippen LogP contribution in [0.1, 0.15) is 59.5 Å². The molecule has 0 aromatic heterocycles. The van der Waals surface area contributed by atoms with Gasteiger partial charge in [0.2, 0.25) is 11.8 Å². The van der Waals surface area contributed by atoms with E-state index in [9.17, 15) is 19.2 Å². The lowest BCUT2D eigenvalue weighted by molar-refractivity contribution is -0.130. The van der Waals surface area contributed by atoms with Crippen LogP contribution in [0.4, 0.5) is 0 Å². The number of nitrogens with one attached hydrogen (secondary N) is 5. The molecule has 0 aliphatic rings. The molecule has 3 aromatic rings. The fourth-order valence-corrected chi connectivity index (χ4v) is 4.53. The number of amides is 4. The van der Waals surface area contributed by atoms with Crippen molar-refractivity contribution in [3.8, 4) is 0 Å². The maximum absolute atomic E-state index is 13.3. The summed E-state index contributed by atoms with van der Waals surface area (Å²) in [5.74, 6) is -1.20. The van der Waals surface area contributed by atoms with Crippen LogP contribution < -0.4 is 26.6 Å². The third kappa shape index (κ3) is 10.7. The highest BCUT2D eigenvalue weighted by Crippen LogP contribution is 2.09. The summed E-state index contributed by atoms with van der Waals surface area (Å²) in [5.41, 5.74) is 2.75. The van der Waals surface area contributed by atoms with Crippen LogP contribution in [0, 0.1) is 5.92 Å². The second-order valence-electron chi connectivity index (χ2n) is 10.9. The van der Waals surface area contributed by atoms with Crippen molar-refractivity contribution in [2.75, 3.05) is 13.1 Å². The van der Waals surface area contributed by atoms with E-state index in [2.05, 4.69) is 26.6 Å². The van der Waals surface area contributed by atoms with Crippen molar-refractivity contribution in [3.63, 3.8) is 0 Å². The molecule has 0 bridgehead atoms. The monoisotopic (exact) mass is 585 g/mol. The van der Waals surface area contributed by atoms with Crippen molar-refractivity contribution < 1.29 is 19.2 Å². The molecule has 9 nitrogen and oxygen atoms in total. The van der Waals surface area contributed by atoms with Crippen LogP contribution in [0.2, 0.25) is 0 Å². The Kier molecular flexibility index (Phi) is 12.9. The molecule has 3 atom stereocenters. The SMILES string of the molecule is CCNC(=O)[C@@H](NC(=O)[C@H](C)NC[C@H](Cc1ccccc1)NC(=O)c1cccc(C(=O)NCc2ccccc2)c1)C(C)C. The molecule has 4 amide bonds. The third-order valence-electron chi connectivity index (χ3n) is 7.00. The van der Waals surface area contributed by atoms with Crippen molar-refractivity contribution in [1.29, 1.82) is 0 Å². The van der Waals surface area contributed by atoms with Crippen molar-refractivity contribution >= 4 is 23.6 Å². The summed E-state index contributed by atoms with van der Waals surface area (Å²) in [4.78, 5) is 51.5. The highest BCUT2D eigenvalue weighted by Gasteiger charge is 2.26. The molecule has 228 valence electrons. The van der Waals surface area contributed by atoms with E-state index in [1.165, 1.54) is 0 Å². The highest BCUT2D eigenvalue weighted by molar-refractivity contribution is 5.99. The number of hydrogen-bond acceptors (Lipinski definition) is 5. The van der Waals surface area contributed by atoms with Crippen molar-refractivity contribution in [1.82, 2.24) is 26.6 Å². The van der Waals surface area contributed by atoms with Gasteiger partial charge in [-0.2, -0.15) is 0 Å². The van der Waals surface area contributed by atoms with E-state index in [1.807, 2.05) is 81.4 Å². The Balaban J connectivity index is 1.65.